The van der Waals surface area contributed by atoms with Crippen LogP contribution in [0.25, 0.3) is 0 Å². The van der Waals surface area contributed by atoms with Gasteiger partial charge in [0.1, 0.15) is 0 Å². The van der Waals surface area contributed by atoms with Crippen molar-refractivity contribution in [2.45, 2.75) is 19.3 Å². The van der Waals surface area contributed by atoms with Gasteiger partial charge in [0, 0.05) is 17.8 Å². The summed E-state index contributed by atoms with van der Waals surface area (Å²) in [6.45, 7) is 0. The van der Waals surface area contributed by atoms with Crippen LogP contribution in [0.1, 0.15) is 19.3 Å². The standard InChI is InChI=1S/C9H9Cl3O3/c10-7(13)4-1-2-5(8(11)14)6(3-4)9(12)15/h4-6H,1-3H2/t4-,5+,6-/m1/s1. The van der Waals surface area contributed by atoms with E-state index >= 15 is 0 Å². The van der Waals surface area contributed by atoms with Gasteiger partial charge in [-0.15, -0.1) is 0 Å². The molecule has 0 amide bonds. The number of hydrogen-bond donors (Lipinski definition) is 0. The second-order valence-corrected chi connectivity index (χ2v) is 4.75. The van der Waals surface area contributed by atoms with Crippen LogP contribution in [-0.4, -0.2) is 15.7 Å². The van der Waals surface area contributed by atoms with Crippen molar-refractivity contribution < 1.29 is 14.4 Å². The number of halogens is 3. The van der Waals surface area contributed by atoms with Crippen LogP contribution in [0.2, 0.25) is 0 Å². The van der Waals surface area contributed by atoms with Gasteiger partial charge in [-0.1, -0.05) is 0 Å². The highest BCUT2D eigenvalue weighted by Gasteiger charge is 2.39. The molecule has 1 aliphatic carbocycles. The van der Waals surface area contributed by atoms with E-state index in [0.717, 1.165) is 0 Å². The van der Waals surface area contributed by atoms with E-state index in [2.05, 4.69) is 0 Å². The fraction of sp³-hybridized carbons (Fsp3) is 0.667. The lowest BCUT2D eigenvalue weighted by Gasteiger charge is -2.30. The van der Waals surface area contributed by atoms with Crippen molar-refractivity contribution >= 4 is 50.5 Å². The fourth-order valence-corrected chi connectivity index (χ4v) is 2.60. The molecule has 0 aromatic carbocycles. The zero-order valence-corrected chi connectivity index (χ0v) is 9.98. The minimum atomic E-state index is -0.682. The molecular formula is C9H9Cl3O3. The molecule has 1 rings (SSSR count). The van der Waals surface area contributed by atoms with E-state index < -0.39 is 33.5 Å². The highest BCUT2D eigenvalue weighted by molar-refractivity contribution is 6.67. The van der Waals surface area contributed by atoms with Gasteiger partial charge >= 0.3 is 0 Å². The van der Waals surface area contributed by atoms with Gasteiger partial charge < -0.3 is 0 Å². The summed E-state index contributed by atoms with van der Waals surface area (Å²) in [5.41, 5.74) is 0. The van der Waals surface area contributed by atoms with Gasteiger partial charge in [0.25, 0.3) is 0 Å². The maximum Gasteiger partial charge on any atom is 0.225 e. The summed E-state index contributed by atoms with van der Waals surface area (Å²) in [5, 5.41) is -1.69. The first kappa shape index (κ1) is 12.9. The van der Waals surface area contributed by atoms with E-state index in [1.807, 2.05) is 0 Å². The molecule has 3 nitrogen and oxygen atoms in total. The largest absolute Gasteiger partial charge is 0.281 e. The summed E-state index contributed by atoms with van der Waals surface area (Å²) in [7, 11) is 0. The van der Waals surface area contributed by atoms with Crippen LogP contribution in [0.4, 0.5) is 0 Å². The molecule has 1 saturated carbocycles. The molecule has 0 N–H and O–H groups in total. The van der Waals surface area contributed by atoms with Gasteiger partial charge in [-0.2, -0.15) is 0 Å². The second kappa shape index (κ2) is 5.28. The van der Waals surface area contributed by atoms with Crippen molar-refractivity contribution in [1.29, 1.82) is 0 Å². The van der Waals surface area contributed by atoms with Crippen LogP contribution < -0.4 is 0 Å². The zero-order chi connectivity index (χ0) is 11.6. The maximum absolute atomic E-state index is 11.1. The van der Waals surface area contributed by atoms with Crippen LogP contribution in [0.5, 0.6) is 0 Å². The second-order valence-electron chi connectivity index (χ2n) is 3.64. The van der Waals surface area contributed by atoms with Gasteiger partial charge in [0.05, 0.1) is 0 Å². The molecule has 0 saturated heterocycles. The molecule has 6 heteroatoms. The predicted molar refractivity (Wildman–Crippen MR) is 56.9 cm³/mol. The molecule has 0 aromatic heterocycles. The molecule has 84 valence electrons. The van der Waals surface area contributed by atoms with Crippen LogP contribution in [-0.2, 0) is 14.4 Å². The van der Waals surface area contributed by atoms with Crippen molar-refractivity contribution in [2.24, 2.45) is 17.8 Å². The average Bonchev–Trinajstić information content (AvgIpc) is 2.16. The van der Waals surface area contributed by atoms with Crippen LogP contribution in [0.3, 0.4) is 0 Å². The minimum absolute atomic E-state index is 0.216. The van der Waals surface area contributed by atoms with E-state index in [-0.39, 0.29) is 6.42 Å². The van der Waals surface area contributed by atoms with Gasteiger partial charge in [-0.3, -0.25) is 14.4 Å². The van der Waals surface area contributed by atoms with E-state index in [9.17, 15) is 14.4 Å². The SMILES string of the molecule is O=C(Cl)[C@@H]1CC[C@H](C(=O)Cl)[C@H](C(=O)Cl)C1. The zero-order valence-electron chi connectivity index (χ0n) is 7.71. The third-order valence-electron chi connectivity index (χ3n) is 2.75. The quantitative estimate of drug-likeness (QED) is 0.740. The minimum Gasteiger partial charge on any atom is -0.281 e. The van der Waals surface area contributed by atoms with Crippen LogP contribution >= 0.6 is 34.8 Å². The van der Waals surface area contributed by atoms with Crippen molar-refractivity contribution in [2.75, 3.05) is 0 Å². The summed E-state index contributed by atoms with van der Waals surface area (Å²) in [4.78, 5) is 33.0. The molecule has 1 aliphatic rings. The average molecular weight is 272 g/mol. The normalized spacial score (nSPS) is 31.0. The molecule has 3 atom stereocenters. The molecule has 0 bridgehead atoms. The Bertz CT molecular complexity index is 303. The summed E-state index contributed by atoms with van der Waals surface area (Å²) in [5.74, 6) is -1.66. The topological polar surface area (TPSA) is 51.2 Å². The Balaban J connectivity index is 2.78. The van der Waals surface area contributed by atoms with E-state index in [4.69, 9.17) is 34.8 Å². The Morgan fingerprint density at radius 1 is 0.800 bits per heavy atom. The van der Waals surface area contributed by atoms with Gasteiger partial charge in [-0.05, 0) is 54.1 Å². The Morgan fingerprint density at radius 3 is 1.73 bits per heavy atom. The number of carbonyl (C=O) groups excluding carboxylic acids is 3. The number of hydrogen-bond acceptors (Lipinski definition) is 3. The first-order valence-corrected chi connectivity index (χ1v) is 5.65. The van der Waals surface area contributed by atoms with Crippen LogP contribution in [0.15, 0.2) is 0 Å². The van der Waals surface area contributed by atoms with Crippen molar-refractivity contribution in [1.82, 2.24) is 0 Å². The maximum atomic E-state index is 11.1. The van der Waals surface area contributed by atoms with Crippen molar-refractivity contribution in [3.05, 3.63) is 0 Å². The van der Waals surface area contributed by atoms with E-state index in [1.165, 1.54) is 0 Å². The summed E-state index contributed by atoms with van der Waals surface area (Å²) >= 11 is 16.1. The Kier molecular flexibility index (Phi) is 4.56. The molecule has 0 aromatic rings. The molecule has 0 aliphatic heterocycles. The lowest BCUT2D eigenvalue weighted by Crippen LogP contribution is -2.34. The lowest BCUT2D eigenvalue weighted by molar-refractivity contribution is -0.128. The van der Waals surface area contributed by atoms with Gasteiger partial charge in [0.15, 0.2) is 0 Å². The van der Waals surface area contributed by atoms with Crippen molar-refractivity contribution in [3.8, 4) is 0 Å². The molecule has 0 unspecified atom stereocenters. The summed E-state index contributed by atoms with van der Waals surface area (Å²) in [6.07, 6.45) is 1.08. The highest BCUT2D eigenvalue weighted by Crippen LogP contribution is 2.37. The highest BCUT2D eigenvalue weighted by atomic mass is 35.5. The summed E-state index contributed by atoms with van der Waals surface area (Å²) < 4.78 is 0. The third kappa shape index (κ3) is 3.16. The Labute approximate surface area is 102 Å². The molecular weight excluding hydrogens is 262 g/mol. The lowest BCUT2D eigenvalue weighted by atomic mass is 9.75. The molecule has 1 fully saturated rings. The van der Waals surface area contributed by atoms with Crippen LogP contribution in [0, 0.1) is 17.8 Å². The smallest absolute Gasteiger partial charge is 0.225 e. The predicted octanol–water partition coefficient (Wildman–Crippen LogP) is 2.32. The molecule has 0 heterocycles. The molecule has 0 radical (unpaired) electrons. The number of rotatable bonds is 3. The molecule has 15 heavy (non-hydrogen) atoms. The molecule has 0 spiro atoms. The van der Waals surface area contributed by atoms with Gasteiger partial charge in [0.2, 0.25) is 15.7 Å². The van der Waals surface area contributed by atoms with E-state index in [0.29, 0.717) is 12.8 Å². The first-order valence-electron chi connectivity index (χ1n) is 4.51. The summed E-state index contributed by atoms with van der Waals surface area (Å²) in [6, 6.07) is 0. The fourth-order valence-electron chi connectivity index (χ4n) is 1.90. The van der Waals surface area contributed by atoms with E-state index in [1.54, 1.807) is 0 Å². The Morgan fingerprint density at radius 2 is 1.33 bits per heavy atom. The first-order chi connectivity index (χ1) is 6.93. The Hall–Kier alpha value is -0.120. The monoisotopic (exact) mass is 270 g/mol. The van der Waals surface area contributed by atoms with Crippen molar-refractivity contribution in [3.63, 3.8) is 0 Å². The third-order valence-corrected chi connectivity index (χ3v) is 3.62. The number of carbonyl (C=O) groups is 3. The van der Waals surface area contributed by atoms with Gasteiger partial charge in [-0.25, -0.2) is 0 Å².